The average Bonchev–Trinajstić information content (AvgIpc) is 2.95. The second-order valence-corrected chi connectivity index (χ2v) is 8.86. The maximum atomic E-state index is 13.6. The highest BCUT2D eigenvalue weighted by Crippen LogP contribution is 2.42. The van der Waals surface area contributed by atoms with Crippen LogP contribution in [0.4, 0.5) is 26.3 Å². The first-order chi connectivity index (χ1) is 14.2. The van der Waals surface area contributed by atoms with Crippen molar-refractivity contribution in [2.24, 2.45) is 11.1 Å². The number of hydrogen-bond acceptors (Lipinski definition) is 1. The summed E-state index contributed by atoms with van der Waals surface area (Å²) < 4.78 is 81.9. The first-order valence-corrected chi connectivity index (χ1v) is 9.81. The highest BCUT2D eigenvalue weighted by Gasteiger charge is 2.38. The maximum absolute atomic E-state index is 13.6. The zero-order valence-corrected chi connectivity index (χ0v) is 17.5. The van der Waals surface area contributed by atoms with Crippen LogP contribution < -0.4 is 5.73 Å². The fraction of sp³-hybridized carbons (Fsp3) is 0.391. The second kappa shape index (κ2) is 7.89. The summed E-state index contributed by atoms with van der Waals surface area (Å²) in [5, 5.41) is 0.772. The summed E-state index contributed by atoms with van der Waals surface area (Å²) in [6.45, 7) is 7.12. The number of rotatable bonds is 4. The normalized spacial score (nSPS) is 13.2. The standard InChI is InChI=1S/C23H24F6N2/c1-21(2,3)12-15-13-31(9-8-30)20-7-4-14(10-18(15)20)17-6-5-16(22(24,25)26)11-19(17)23(27,28)29/h4-7,10-11,13H,8-9,12,30H2,1-3H3. The van der Waals surface area contributed by atoms with E-state index in [4.69, 9.17) is 5.73 Å². The summed E-state index contributed by atoms with van der Waals surface area (Å²) in [5.74, 6) is 0. The molecule has 0 amide bonds. The van der Waals surface area contributed by atoms with Crippen LogP contribution in [0.3, 0.4) is 0 Å². The van der Waals surface area contributed by atoms with E-state index in [1.54, 1.807) is 12.1 Å². The SMILES string of the molecule is CC(C)(C)Cc1cn(CCN)c2ccc(-c3ccc(C(F)(F)F)cc3C(F)(F)F)cc12. The van der Waals surface area contributed by atoms with Gasteiger partial charge in [0.1, 0.15) is 0 Å². The van der Waals surface area contributed by atoms with Gasteiger partial charge in [-0.2, -0.15) is 26.3 Å². The molecule has 0 atom stereocenters. The van der Waals surface area contributed by atoms with Gasteiger partial charge in [0.15, 0.2) is 0 Å². The van der Waals surface area contributed by atoms with Gasteiger partial charge in [0.05, 0.1) is 11.1 Å². The summed E-state index contributed by atoms with van der Waals surface area (Å²) in [6.07, 6.45) is -7.15. The highest BCUT2D eigenvalue weighted by molar-refractivity contribution is 5.89. The van der Waals surface area contributed by atoms with Crippen LogP contribution in [-0.4, -0.2) is 11.1 Å². The third-order valence-electron chi connectivity index (χ3n) is 5.02. The molecule has 0 saturated carbocycles. The van der Waals surface area contributed by atoms with Crippen LogP contribution in [0.2, 0.25) is 0 Å². The molecule has 31 heavy (non-hydrogen) atoms. The van der Waals surface area contributed by atoms with Gasteiger partial charge in [-0.3, -0.25) is 0 Å². The molecule has 2 N–H and O–H groups in total. The van der Waals surface area contributed by atoms with Gasteiger partial charge in [-0.15, -0.1) is 0 Å². The molecule has 168 valence electrons. The molecule has 0 unspecified atom stereocenters. The van der Waals surface area contributed by atoms with Crippen molar-refractivity contribution in [2.45, 2.75) is 46.1 Å². The zero-order chi connectivity index (χ0) is 23.2. The minimum absolute atomic E-state index is 0.0662. The largest absolute Gasteiger partial charge is 0.417 e. The van der Waals surface area contributed by atoms with Crippen molar-refractivity contribution in [1.29, 1.82) is 0 Å². The molecule has 1 aromatic heterocycles. The van der Waals surface area contributed by atoms with Gasteiger partial charge in [0.2, 0.25) is 0 Å². The van der Waals surface area contributed by atoms with Gasteiger partial charge in [0, 0.05) is 30.2 Å². The van der Waals surface area contributed by atoms with Crippen LogP contribution in [0.5, 0.6) is 0 Å². The number of fused-ring (bicyclic) bond motifs is 1. The highest BCUT2D eigenvalue weighted by atomic mass is 19.4. The molecule has 0 bridgehead atoms. The van der Waals surface area contributed by atoms with E-state index in [0.717, 1.165) is 22.5 Å². The molecular weight excluding hydrogens is 418 g/mol. The third kappa shape index (κ3) is 5.06. The molecule has 3 rings (SSSR count). The van der Waals surface area contributed by atoms with Gasteiger partial charge in [0.25, 0.3) is 0 Å². The summed E-state index contributed by atoms with van der Waals surface area (Å²) in [7, 11) is 0. The first-order valence-electron chi connectivity index (χ1n) is 9.81. The Labute approximate surface area is 176 Å². The summed E-state index contributed by atoms with van der Waals surface area (Å²) >= 11 is 0. The van der Waals surface area contributed by atoms with Crippen LogP contribution in [0.25, 0.3) is 22.0 Å². The fourth-order valence-corrected chi connectivity index (χ4v) is 3.78. The molecule has 0 aliphatic carbocycles. The summed E-state index contributed by atoms with van der Waals surface area (Å²) in [6, 6.07) is 6.59. The molecule has 0 saturated heterocycles. The molecular formula is C23H24F6N2. The Morgan fingerprint density at radius 1 is 0.871 bits per heavy atom. The Bertz CT molecular complexity index is 1080. The van der Waals surface area contributed by atoms with Crippen molar-refractivity contribution < 1.29 is 26.3 Å². The number of alkyl halides is 6. The lowest BCUT2D eigenvalue weighted by Gasteiger charge is -2.18. The predicted molar refractivity (Wildman–Crippen MR) is 110 cm³/mol. The predicted octanol–water partition coefficient (Wildman–Crippen LogP) is 6.89. The van der Waals surface area contributed by atoms with Crippen molar-refractivity contribution in [1.82, 2.24) is 4.57 Å². The Balaban J connectivity index is 2.22. The molecule has 1 heterocycles. The van der Waals surface area contributed by atoms with Crippen molar-refractivity contribution in [3.63, 3.8) is 0 Å². The van der Waals surface area contributed by atoms with Crippen LogP contribution >= 0.6 is 0 Å². The van der Waals surface area contributed by atoms with Crippen LogP contribution in [0, 0.1) is 5.41 Å². The Morgan fingerprint density at radius 2 is 1.55 bits per heavy atom. The number of benzene rings is 2. The number of nitrogens with zero attached hydrogens (tertiary/aromatic N) is 1. The Hall–Kier alpha value is -2.48. The van der Waals surface area contributed by atoms with Gasteiger partial charge in [-0.05, 0) is 52.8 Å². The lowest BCUT2D eigenvalue weighted by atomic mass is 9.87. The first kappa shape index (κ1) is 23.2. The van der Waals surface area contributed by atoms with Gasteiger partial charge in [-0.25, -0.2) is 0 Å². The molecule has 3 aromatic rings. The molecule has 2 aromatic carbocycles. The van der Waals surface area contributed by atoms with Crippen molar-refractivity contribution in [3.8, 4) is 11.1 Å². The van der Waals surface area contributed by atoms with Crippen LogP contribution in [-0.2, 0) is 25.3 Å². The van der Waals surface area contributed by atoms with E-state index in [1.807, 2.05) is 10.8 Å². The quantitative estimate of drug-likeness (QED) is 0.438. The molecule has 0 spiro atoms. The van der Waals surface area contributed by atoms with E-state index in [9.17, 15) is 26.3 Å². The number of hydrogen-bond donors (Lipinski definition) is 1. The Kier molecular flexibility index (Phi) is 5.90. The molecule has 0 radical (unpaired) electrons. The van der Waals surface area contributed by atoms with Crippen molar-refractivity contribution >= 4 is 10.9 Å². The smallest absolute Gasteiger partial charge is 0.346 e. The van der Waals surface area contributed by atoms with Crippen molar-refractivity contribution in [2.75, 3.05) is 6.54 Å². The Morgan fingerprint density at radius 3 is 2.10 bits per heavy atom. The molecule has 0 fully saturated rings. The van der Waals surface area contributed by atoms with Crippen molar-refractivity contribution in [3.05, 3.63) is 59.3 Å². The van der Waals surface area contributed by atoms with Gasteiger partial charge in [-0.1, -0.05) is 32.9 Å². The lowest BCUT2D eigenvalue weighted by Crippen LogP contribution is -2.12. The third-order valence-corrected chi connectivity index (χ3v) is 5.02. The van der Waals surface area contributed by atoms with E-state index < -0.39 is 23.5 Å². The zero-order valence-electron chi connectivity index (χ0n) is 17.5. The van der Waals surface area contributed by atoms with Gasteiger partial charge < -0.3 is 10.3 Å². The fourth-order valence-electron chi connectivity index (χ4n) is 3.78. The van der Waals surface area contributed by atoms with E-state index in [-0.39, 0.29) is 22.6 Å². The van der Waals surface area contributed by atoms with Crippen LogP contribution in [0.15, 0.2) is 42.6 Å². The summed E-state index contributed by atoms with van der Waals surface area (Å²) in [4.78, 5) is 0. The lowest BCUT2D eigenvalue weighted by molar-refractivity contribution is -0.142. The van der Waals surface area contributed by atoms with E-state index >= 15 is 0 Å². The number of aromatic nitrogens is 1. The minimum Gasteiger partial charge on any atom is -0.346 e. The molecule has 8 heteroatoms. The van der Waals surface area contributed by atoms with Crippen LogP contribution in [0.1, 0.15) is 37.5 Å². The molecule has 0 aliphatic rings. The minimum atomic E-state index is -4.93. The monoisotopic (exact) mass is 442 g/mol. The molecule has 0 aliphatic heterocycles. The number of nitrogens with two attached hydrogens (primary N) is 1. The summed E-state index contributed by atoms with van der Waals surface area (Å²) in [5.41, 5.74) is 4.71. The van der Waals surface area contributed by atoms with Gasteiger partial charge >= 0.3 is 12.4 Å². The van der Waals surface area contributed by atoms with E-state index in [2.05, 4.69) is 20.8 Å². The molecule has 2 nitrogen and oxygen atoms in total. The average molecular weight is 442 g/mol. The second-order valence-electron chi connectivity index (χ2n) is 8.86. The van der Waals surface area contributed by atoms with E-state index in [0.29, 0.717) is 25.6 Å². The topological polar surface area (TPSA) is 30.9 Å². The maximum Gasteiger partial charge on any atom is 0.417 e. The van der Waals surface area contributed by atoms with E-state index in [1.165, 1.54) is 6.07 Å². The number of halogens is 6.